The molecule has 134 valence electrons. The third kappa shape index (κ3) is 4.41. The number of amides is 1. The van der Waals surface area contributed by atoms with Gasteiger partial charge in [0, 0.05) is 43.9 Å². The highest BCUT2D eigenvalue weighted by Gasteiger charge is 2.28. The Kier molecular flexibility index (Phi) is 7.57. The first-order chi connectivity index (χ1) is 11.5. The molecule has 0 saturated carbocycles. The minimum Gasteiger partial charge on any atom is -0.453 e. The van der Waals surface area contributed by atoms with E-state index in [9.17, 15) is 19.3 Å². The molecule has 1 aliphatic heterocycles. The third-order valence-electron chi connectivity index (χ3n) is 3.95. The smallest absolute Gasteiger partial charge is 0.409 e. The molecule has 24 heavy (non-hydrogen) atoms. The molecule has 1 heterocycles. The van der Waals surface area contributed by atoms with Crippen LogP contribution in [0.1, 0.15) is 32.4 Å². The summed E-state index contributed by atoms with van der Waals surface area (Å²) < 4.78 is 18.9. The van der Waals surface area contributed by atoms with E-state index in [0.717, 1.165) is 6.07 Å². The molecule has 0 unspecified atom stereocenters. The van der Waals surface area contributed by atoms with Gasteiger partial charge in [-0.15, -0.1) is 0 Å². The van der Waals surface area contributed by atoms with E-state index in [1.54, 1.807) is 17.9 Å². The third-order valence-corrected chi connectivity index (χ3v) is 3.95. The second-order valence-electron chi connectivity index (χ2n) is 5.11. The summed E-state index contributed by atoms with van der Waals surface area (Å²) in [5.74, 6) is -0.796. The highest BCUT2D eigenvalue weighted by atomic mass is 19.1. The molecule has 8 heteroatoms. The van der Waals surface area contributed by atoms with Gasteiger partial charge in [0.2, 0.25) is 5.82 Å². The number of nitro groups is 1. The van der Waals surface area contributed by atoms with Crippen molar-refractivity contribution in [2.75, 3.05) is 33.3 Å². The number of halogens is 1. The van der Waals surface area contributed by atoms with Gasteiger partial charge in [0.15, 0.2) is 0 Å². The molecule has 1 aliphatic rings. The van der Waals surface area contributed by atoms with Crippen molar-refractivity contribution in [1.29, 1.82) is 0 Å². The number of benzene rings is 1. The van der Waals surface area contributed by atoms with Crippen molar-refractivity contribution in [3.8, 4) is 0 Å². The average molecular weight is 341 g/mol. The van der Waals surface area contributed by atoms with Crippen LogP contribution in [0.25, 0.3) is 0 Å². The van der Waals surface area contributed by atoms with Gasteiger partial charge in [-0.2, -0.15) is 4.39 Å². The average Bonchev–Trinajstić information content (AvgIpc) is 2.62. The maximum Gasteiger partial charge on any atom is 0.409 e. The molecular formula is C16H24FN3O4. The summed E-state index contributed by atoms with van der Waals surface area (Å²) >= 11 is 0. The van der Waals surface area contributed by atoms with Crippen LogP contribution < -0.4 is 0 Å². The summed E-state index contributed by atoms with van der Waals surface area (Å²) in [6.07, 6.45) is -0.381. The molecule has 0 aromatic heterocycles. The predicted molar refractivity (Wildman–Crippen MR) is 88.4 cm³/mol. The number of nitrogens with zero attached hydrogens (tertiary/aromatic N) is 3. The highest BCUT2D eigenvalue weighted by Crippen LogP contribution is 2.29. The lowest BCUT2D eigenvalue weighted by atomic mass is 10.0. The number of nitro benzene ring substituents is 1. The van der Waals surface area contributed by atoms with E-state index >= 15 is 0 Å². The van der Waals surface area contributed by atoms with E-state index in [-0.39, 0.29) is 12.1 Å². The van der Waals surface area contributed by atoms with E-state index in [0.29, 0.717) is 31.7 Å². The molecule has 1 atom stereocenters. The Bertz CT molecular complexity index is 574. The minimum absolute atomic E-state index is 0.292. The van der Waals surface area contributed by atoms with Gasteiger partial charge in [0.1, 0.15) is 0 Å². The Morgan fingerprint density at radius 3 is 2.38 bits per heavy atom. The van der Waals surface area contributed by atoms with Crippen LogP contribution in [-0.2, 0) is 4.74 Å². The summed E-state index contributed by atoms with van der Waals surface area (Å²) in [6.45, 7) is 7.87. The summed E-state index contributed by atoms with van der Waals surface area (Å²) in [4.78, 5) is 25.1. The lowest BCUT2D eigenvalue weighted by Crippen LogP contribution is -2.49. The SMILES string of the molecule is CC.COC(=O)N1CCN([C@@H](C)c2cccc([N+](=O)[O-])c2F)CC1. The zero-order valence-corrected chi connectivity index (χ0v) is 14.5. The van der Waals surface area contributed by atoms with Gasteiger partial charge in [0.05, 0.1) is 12.0 Å². The lowest BCUT2D eigenvalue weighted by Gasteiger charge is -2.37. The van der Waals surface area contributed by atoms with E-state index in [1.165, 1.54) is 13.2 Å². The van der Waals surface area contributed by atoms with Crippen LogP contribution in [0.5, 0.6) is 0 Å². The molecule has 1 aromatic carbocycles. The molecule has 0 spiro atoms. The Morgan fingerprint density at radius 2 is 1.88 bits per heavy atom. The molecule has 2 rings (SSSR count). The summed E-state index contributed by atoms with van der Waals surface area (Å²) in [6, 6.07) is 3.89. The number of carbonyl (C=O) groups excluding carboxylic acids is 1. The fourth-order valence-electron chi connectivity index (χ4n) is 2.62. The molecule has 1 saturated heterocycles. The minimum atomic E-state index is -0.796. The standard InChI is InChI=1S/C14H18FN3O4.C2H6/c1-10(11-4-3-5-12(13(11)15)18(20)21)16-6-8-17(9-7-16)14(19)22-2;1-2/h3-5,10H,6-9H2,1-2H3;1-2H3/t10-;/m0./s1. The Balaban J connectivity index is 0.00000139. The number of carbonyl (C=O) groups is 1. The van der Waals surface area contributed by atoms with Gasteiger partial charge in [0.25, 0.3) is 0 Å². The summed E-state index contributed by atoms with van der Waals surface area (Å²) in [5, 5.41) is 10.8. The Hall–Kier alpha value is -2.22. The fraction of sp³-hybridized carbons (Fsp3) is 0.562. The van der Waals surface area contributed by atoms with Crippen molar-refractivity contribution in [3.05, 3.63) is 39.7 Å². The van der Waals surface area contributed by atoms with E-state index in [1.807, 2.05) is 18.7 Å². The maximum absolute atomic E-state index is 14.2. The van der Waals surface area contributed by atoms with Gasteiger partial charge in [-0.25, -0.2) is 4.79 Å². The summed E-state index contributed by atoms with van der Waals surface area (Å²) in [7, 11) is 1.33. The highest BCUT2D eigenvalue weighted by molar-refractivity contribution is 5.67. The zero-order chi connectivity index (χ0) is 18.3. The van der Waals surface area contributed by atoms with Crippen molar-refractivity contribution in [1.82, 2.24) is 9.80 Å². The molecule has 0 bridgehead atoms. The molecule has 1 fully saturated rings. The molecule has 0 N–H and O–H groups in total. The molecule has 7 nitrogen and oxygen atoms in total. The molecular weight excluding hydrogens is 317 g/mol. The number of ether oxygens (including phenoxy) is 1. The van der Waals surface area contributed by atoms with Crippen LogP contribution in [-0.4, -0.2) is 54.1 Å². The van der Waals surface area contributed by atoms with Crippen LogP contribution in [0.4, 0.5) is 14.9 Å². The molecule has 1 amide bonds. The first-order valence-corrected chi connectivity index (χ1v) is 7.95. The van der Waals surface area contributed by atoms with E-state index < -0.39 is 16.4 Å². The predicted octanol–water partition coefficient (Wildman–Crippen LogP) is 3.21. The zero-order valence-electron chi connectivity index (χ0n) is 14.5. The van der Waals surface area contributed by atoms with Crippen molar-refractivity contribution in [2.24, 2.45) is 0 Å². The fourth-order valence-corrected chi connectivity index (χ4v) is 2.62. The van der Waals surface area contributed by atoms with Crippen LogP contribution in [0.3, 0.4) is 0 Å². The van der Waals surface area contributed by atoms with E-state index in [2.05, 4.69) is 4.74 Å². The monoisotopic (exact) mass is 341 g/mol. The Morgan fingerprint density at radius 1 is 1.29 bits per heavy atom. The van der Waals surface area contributed by atoms with Gasteiger partial charge >= 0.3 is 11.8 Å². The van der Waals surface area contributed by atoms with Crippen molar-refractivity contribution in [2.45, 2.75) is 26.8 Å². The number of hydrogen-bond acceptors (Lipinski definition) is 5. The first-order valence-electron chi connectivity index (χ1n) is 7.95. The van der Waals surface area contributed by atoms with Crippen molar-refractivity contribution in [3.63, 3.8) is 0 Å². The Labute approximate surface area is 141 Å². The topological polar surface area (TPSA) is 75.9 Å². The van der Waals surface area contributed by atoms with Gasteiger partial charge < -0.3 is 9.64 Å². The normalized spacial score (nSPS) is 16.0. The van der Waals surface area contributed by atoms with Crippen molar-refractivity contribution < 1.29 is 18.8 Å². The van der Waals surface area contributed by atoms with E-state index in [4.69, 9.17) is 0 Å². The van der Waals surface area contributed by atoms with Crippen LogP contribution in [0.2, 0.25) is 0 Å². The lowest BCUT2D eigenvalue weighted by molar-refractivity contribution is -0.387. The molecule has 0 aliphatic carbocycles. The number of piperazine rings is 1. The van der Waals surface area contributed by atoms with Gasteiger partial charge in [-0.3, -0.25) is 15.0 Å². The first kappa shape index (κ1) is 19.8. The van der Waals surface area contributed by atoms with Crippen LogP contribution in [0, 0.1) is 15.9 Å². The second kappa shape index (κ2) is 9.17. The number of hydrogen-bond donors (Lipinski definition) is 0. The van der Waals surface area contributed by atoms with Crippen LogP contribution in [0.15, 0.2) is 18.2 Å². The quantitative estimate of drug-likeness (QED) is 0.623. The maximum atomic E-state index is 14.2. The molecule has 1 aromatic rings. The number of methoxy groups -OCH3 is 1. The van der Waals surface area contributed by atoms with Crippen LogP contribution >= 0.6 is 0 Å². The largest absolute Gasteiger partial charge is 0.453 e. The van der Waals surface area contributed by atoms with Gasteiger partial charge in [-0.1, -0.05) is 26.0 Å². The van der Waals surface area contributed by atoms with Crippen molar-refractivity contribution >= 4 is 11.8 Å². The second-order valence-corrected chi connectivity index (χ2v) is 5.11. The van der Waals surface area contributed by atoms with Gasteiger partial charge in [-0.05, 0) is 6.92 Å². The summed E-state index contributed by atoms with van der Waals surface area (Å²) in [5.41, 5.74) is -0.224. The number of rotatable bonds is 3. The molecule has 0 radical (unpaired) electrons.